The lowest BCUT2D eigenvalue weighted by molar-refractivity contribution is 0.167. The molecule has 0 bridgehead atoms. The number of alkyl carbamates (subject to hydrolysis) is 1. The summed E-state index contributed by atoms with van der Waals surface area (Å²) in [4.78, 5) is 13.2. The van der Waals surface area contributed by atoms with Crippen LogP contribution < -0.4 is 10.2 Å². The fourth-order valence-electron chi connectivity index (χ4n) is 2.37. The Kier molecular flexibility index (Phi) is 4.43. The fourth-order valence-corrected chi connectivity index (χ4v) is 2.37. The Morgan fingerprint density at radius 2 is 2.45 bits per heavy atom. The van der Waals surface area contributed by atoms with Gasteiger partial charge in [-0.2, -0.15) is 5.26 Å². The second-order valence-corrected chi connectivity index (χ2v) is 4.69. The molecule has 0 aromatic heterocycles. The Morgan fingerprint density at radius 3 is 3.10 bits per heavy atom. The largest absolute Gasteiger partial charge is 0.453 e. The summed E-state index contributed by atoms with van der Waals surface area (Å²) in [7, 11) is 1.34. The van der Waals surface area contributed by atoms with Gasteiger partial charge in [0.05, 0.1) is 31.0 Å². The van der Waals surface area contributed by atoms with Crippen molar-refractivity contribution in [1.29, 1.82) is 5.26 Å². The number of rotatable bonds is 3. The number of amides is 1. The zero-order valence-electron chi connectivity index (χ0n) is 11.3. The van der Waals surface area contributed by atoms with Crippen LogP contribution in [0.4, 0.5) is 10.5 Å². The van der Waals surface area contributed by atoms with Crippen molar-refractivity contribution in [3.63, 3.8) is 0 Å². The highest BCUT2D eigenvalue weighted by Crippen LogP contribution is 2.25. The Balaban J connectivity index is 2.10. The van der Waals surface area contributed by atoms with Gasteiger partial charge in [0.15, 0.2) is 0 Å². The van der Waals surface area contributed by atoms with Crippen LogP contribution in [0.2, 0.25) is 0 Å². The zero-order chi connectivity index (χ0) is 14.5. The molecule has 1 aromatic rings. The molecule has 2 N–H and O–H groups in total. The van der Waals surface area contributed by atoms with Gasteiger partial charge in [0.25, 0.3) is 0 Å². The number of hydrogen-bond acceptors (Lipinski definition) is 5. The number of nitrogens with zero attached hydrogens (tertiary/aromatic N) is 2. The molecule has 1 fully saturated rings. The van der Waals surface area contributed by atoms with Crippen molar-refractivity contribution in [3.8, 4) is 6.07 Å². The number of carbonyl (C=O) groups is 1. The molecule has 6 heteroatoms. The van der Waals surface area contributed by atoms with Gasteiger partial charge in [-0.1, -0.05) is 6.07 Å². The van der Waals surface area contributed by atoms with E-state index in [1.807, 2.05) is 6.07 Å². The van der Waals surface area contributed by atoms with E-state index in [1.165, 1.54) is 7.11 Å². The van der Waals surface area contributed by atoms with Crippen LogP contribution in [0, 0.1) is 11.3 Å². The minimum absolute atomic E-state index is 0.0199. The molecule has 0 spiro atoms. The van der Waals surface area contributed by atoms with Crippen molar-refractivity contribution in [1.82, 2.24) is 5.32 Å². The maximum Gasteiger partial charge on any atom is 0.407 e. The Morgan fingerprint density at radius 1 is 1.65 bits per heavy atom. The molecule has 0 aliphatic carbocycles. The quantitative estimate of drug-likeness (QED) is 0.859. The number of anilines is 1. The van der Waals surface area contributed by atoms with Gasteiger partial charge < -0.3 is 20.1 Å². The number of nitrogens with one attached hydrogen (secondary N) is 1. The van der Waals surface area contributed by atoms with Crippen LogP contribution in [-0.2, 0) is 11.3 Å². The molecule has 20 heavy (non-hydrogen) atoms. The summed E-state index contributed by atoms with van der Waals surface area (Å²) in [5.74, 6) is 0. The van der Waals surface area contributed by atoms with Crippen molar-refractivity contribution in [2.24, 2.45) is 0 Å². The predicted molar refractivity (Wildman–Crippen MR) is 73.2 cm³/mol. The van der Waals surface area contributed by atoms with E-state index < -0.39 is 6.09 Å². The third kappa shape index (κ3) is 3.00. The highest BCUT2D eigenvalue weighted by molar-refractivity contribution is 5.68. The summed E-state index contributed by atoms with van der Waals surface area (Å²) >= 11 is 0. The minimum Gasteiger partial charge on any atom is -0.453 e. The predicted octanol–water partition coefficient (Wildman–Crippen LogP) is 0.985. The zero-order valence-corrected chi connectivity index (χ0v) is 11.3. The van der Waals surface area contributed by atoms with Gasteiger partial charge in [-0.25, -0.2) is 4.79 Å². The normalized spacial score (nSPS) is 17.6. The number of carbonyl (C=O) groups excluding carboxylic acids is 1. The molecule has 1 saturated heterocycles. The Labute approximate surface area is 117 Å². The summed E-state index contributed by atoms with van der Waals surface area (Å²) in [6.07, 6.45) is 0.370. The van der Waals surface area contributed by atoms with Gasteiger partial charge in [0.1, 0.15) is 6.07 Å². The second kappa shape index (κ2) is 6.26. The first kappa shape index (κ1) is 14.2. The maximum absolute atomic E-state index is 11.2. The van der Waals surface area contributed by atoms with E-state index in [2.05, 4.69) is 21.0 Å². The first-order valence-electron chi connectivity index (χ1n) is 6.41. The van der Waals surface area contributed by atoms with E-state index in [9.17, 15) is 10.1 Å². The Bertz CT molecular complexity index is 539. The van der Waals surface area contributed by atoms with Gasteiger partial charge in [0.2, 0.25) is 0 Å². The lowest BCUT2D eigenvalue weighted by Crippen LogP contribution is -2.37. The fraction of sp³-hybridized carbons (Fsp3) is 0.429. The molecule has 0 saturated carbocycles. The highest BCUT2D eigenvalue weighted by Gasteiger charge is 2.25. The third-order valence-electron chi connectivity index (χ3n) is 3.40. The number of nitriles is 1. The molecule has 1 aliphatic rings. The molecular weight excluding hydrogens is 258 g/mol. The van der Waals surface area contributed by atoms with Crippen LogP contribution >= 0.6 is 0 Å². The number of hydrogen-bond donors (Lipinski definition) is 2. The van der Waals surface area contributed by atoms with Crippen LogP contribution in [0.3, 0.4) is 0 Å². The summed E-state index contributed by atoms with van der Waals surface area (Å²) in [5, 5.41) is 21.1. The minimum atomic E-state index is -0.437. The molecule has 1 aromatic carbocycles. The number of ether oxygens (including phenoxy) is 1. The average molecular weight is 275 g/mol. The molecule has 6 nitrogen and oxygen atoms in total. The van der Waals surface area contributed by atoms with E-state index >= 15 is 0 Å². The molecule has 1 aliphatic heterocycles. The number of aliphatic hydroxyl groups is 1. The van der Waals surface area contributed by atoms with Crippen LogP contribution in [-0.4, -0.2) is 37.4 Å². The lowest BCUT2D eigenvalue weighted by Gasteiger charge is -2.20. The molecule has 1 unspecified atom stereocenters. The third-order valence-corrected chi connectivity index (χ3v) is 3.40. The van der Waals surface area contributed by atoms with Gasteiger partial charge in [-0.05, 0) is 24.1 Å². The SMILES string of the molecule is COC(=O)NC1CCN(c2ccc(CO)cc2C#N)C1. The van der Waals surface area contributed by atoms with Crippen LogP contribution in [0.15, 0.2) is 18.2 Å². The summed E-state index contributed by atoms with van der Waals surface area (Å²) in [6.45, 7) is 1.32. The van der Waals surface area contributed by atoms with E-state index in [0.717, 1.165) is 18.7 Å². The molecule has 0 radical (unpaired) electrons. The molecule has 1 heterocycles. The average Bonchev–Trinajstić information content (AvgIpc) is 2.94. The molecule has 2 rings (SSSR count). The van der Waals surface area contributed by atoms with Crippen LogP contribution in [0.25, 0.3) is 0 Å². The number of methoxy groups -OCH3 is 1. The van der Waals surface area contributed by atoms with Crippen LogP contribution in [0.1, 0.15) is 17.5 Å². The van der Waals surface area contributed by atoms with Crippen LogP contribution in [0.5, 0.6) is 0 Å². The standard InChI is InChI=1S/C14H17N3O3/c1-20-14(19)16-12-4-5-17(8-12)13-3-2-10(9-18)6-11(13)7-15/h2-3,6,12,18H,4-5,8-9H2,1H3,(H,16,19). The van der Waals surface area contributed by atoms with Crippen molar-refractivity contribution >= 4 is 11.8 Å². The first-order chi connectivity index (χ1) is 9.67. The summed E-state index contributed by atoms with van der Waals surface area (Å²) < 4.78 is 4.58. The number of benzene rings is 1. The van der Waals surface area contributed by atoms with Crippen molar-refractivity contribution < 1.29 is 14.6 Å². The van der Waals surface area contributed by atoms with E-state index in [4.69, 9.17) is 5.11 Å². The molecular formula is C14H17N3O3. The molecule has 1 atom stereocenters. The van der Waals surface area contributed by atoms with E-state index in [1.54, 1.807) is 12.1 Å². The van der Waals surface area contributed by atoms with Crippen molar-refractivity contribution in [3.05, 3.63) is 29.3 Å². The van der Waals surface area contributed by atoms with E-state index in [-0.39, 0.29) is 12.6 Å². The first-order valence-corrected chi connectivity index (χ1v) is 6.41. The van der Waals surface area contributed by atoms with Gasteiger partial charge >= 0.3 is 6.09 Å². The summed E-state index contributed by atoms with van der Waals surface area (Å²) in [5.41, 5.74) is 2.09. The van der Waals surface area contributed by atoms with Crippen molar-refractivity contribution in [2.45, 2.75) is 19.1 Å². The van der Waals surface area contributed by atoms with Gasteiger partial charge in [0, 0.05) is 13.1 Å². The topological polar surface area (TPSA) is 85.6 Å². The second-order valence-electron chi connectivity index (χ2n) is 4.69. The van der Waals surface area contributed by atoms with Crippen molar-refractivity contribution in [2.75, 3.05) is 25.1 Å². The van der Waals surface area contributed by atoms with Gasteiger partial charge in [-0.3, -0.25) is 0 Å². The lowest BCUT2D eigenvalue weighted by atomic mass is 10.1. The summed E-state index contributed by atoms with van der Waals surface area (Å²) in [6, 6.07) is 7.50. The Hall–Kier alpha value is -2.26. The van der Waals surface area contributed by atoms with Gasteiger partial charge in [-0.15, -0.1) is 0 Å². The maximum atomic E-state index is 11.2. The monoisotopic (exact) mass is 275 g/mol. The smallest absolute Gasteiger partial charge is 0.407 e. The number of aliphatic hydroxyl groups excluding tert-OH is 1. The molecule has 106 valence electrons. The van der Waals surface area contributed by atoms with E-state index in [0.29, 0.717) is 17.7 Å². The highest BCUT2D eigenvalue weighted by atomic mass is 16.5. The molecule has 1 amide bonds.